The molecule has 1 fully saturated rings. The second-order valence-corrected chi connectivity index (χ2v) is 23.5. The topological polar surface area (TPSA) is 384 Å². The van der Waals surface area contributed by atoms with E-state index in [1.165, 1.54) is 18.3 Å². The number of ether oxygens (including phenoxy) is 4. The number of anilines is 1. The van der Waals surface area contributed by atoms with Crippen LogP contribution in [0.4, 0.5) is 5.95 Å². The molecule has 4 amide bonds. The Morgan fingerprint density at radius 1 is 0.731 bits per heavy atom. The van der Waals surface area contributed by atoms with Crippen LogP contribution in [0.25, 0.3) is 10.9 Å². The number of carbonyl (C=O) groups is 6. The SMILES string of the molecule is CCOCCCNC(=O)[C@@H](CC)NC(=O)CN1CCN(CC)CCN(C)CCN(CC(=O)O)CC1.CCOCCOCCCNC(=O)CCCOc1cc(C)c(S(=O)(=O)NC(CNC(=O)c2cn(C)c3cc(CNc4ncc[nH]4)ccc3c2=O)C(=O)O)c(C)c1.O=C=O. The molecular weight excluding hydrogens is 1230 g/mol. The zero-order valence-electron chi connectivity index (χ0n) is 55.0. The summed E-state index contributed by atoms with van der Waals surface area (Å²) in [5, 5.41) is 33.5. The third-order valence-electron chi connectivity index (χ3n) is 14.7. The fourth-order valence-corrected chi connectivity index (χ4v) is 11.3. The summed E-state index contributed by atoms with van der Waals surface area (Å²) in [7, 11) is -0.667. The van der Waals surface area contributed by atoms with Crippen molar-refractivity contribution in [2.24, 2.45) is 7.05 Å². The maximum absolute atomic E-state index is 13.5. The highest BCUT2D eigenvalue weighted by Gasteiger charge is 2.30. The Hall–Kier alpha value is -7.71. The number of H-pyrrole nitrogens is 1. The number of imidazole rings is 1. The van der Waals surface area contributed by atoms with Crippen LogP contribution >= 0.6 is 0 Å². The summed E-state index contributed by atoms with van der Waals surface area (Å²) in [5.74, 6) is -2.76. The summed E-state index contributed by atoms with van der Waals surface area (Å²) in [6, 6.07) is 5.85. The summed E-state index contributed by atoms with van der Waals surface area (Å²) < 4.78 is 52.4. The molecule has 3 heterocycles. The first-order valence-corrected chi connectivity index (χ1v) is 32.8. The maximum Gasteiger partial charge on any atom is 0.373 e. The fourth-order valence-electron chi connectivity index (χ4n) is 9.67. The molecule has 1 aliphatic heterocycles. The fraction of sp³-hybridized carbons (Fsp3) is 0.597. The van der Waals surface area contributed by atoms with E-state index in [9.17, 15) is 52.2 Å². The van der Waals surface area contributed by atoms with Crippen molar-refractivity contribution in [3.63, 3.8) is 0 Å². The molecule has 2 aromatic heterocycles. The van der Waals surface area contributed by atoms with Crippen LogP contribution in [0.15, 0.2) is 58.6 Å². The Kier molecular flexibility index (Phi) is 37.6. The number of benzene rings is 2. The van der Waals surface area contributed by atoms with Gasteiger partial charge >= 0.3 is 18.1 Å². The smallest absolute Gasteiger partial charge is 0.373 e. The molecule has 1 aliphatic rings. The predicted octanol–water partition coefficient (Wildman–Crippen LogP) is 1.17. The molecule has 2 atom stereocenters. The highest BCUT2D eigenvalue weighted by Crippen LogP contribution is 2.26. The number of nitrogens with zero attached hydrogens (tertiary/aromatic N) is 6. The van der Waals surface area contributed by atoms with Crippen LogP contribution in [-0.4, -0.2) is 251 Å². The van der Waals surface area contributed by atoms with E-state index in [0.717, 1.165) is 44.7 Å². The van der Waals surface area contributed by atoms with Crippen LogP contribution in [0.2, 0.25) is 0 Å². The number of hydrogen-bond acceptors (Lipinski definition) is 21. The molecule has 5 rings (SSSR count). The summed E-state index contributed by atoms with van der Waals surface area (Å²) in [5.41, 5.74) is 1.24. The average molecular weight is 1330 g/mol. The van der Waals surface area contributed by atoms with E-state index in [1.807, 2.05) is 25.7 Å². The Morgan fingerprint density at radius 2 is 1.33 bits per heavy atom. The van der Waals surface area contributed by atoms with Gasteiger partial charge in [0.25, 0.3) is 5.91 Å². The van der Waals surface area contributed by atoms with Crippen LogP contribution in [0, 0.1) is 13.8 Å². The number of aliphatic carboxylic acids is 2. The van der Waals surface area contributed by atoms with E-state index in [2.05, 4.69) is 69.9 Å². The standard InChI is InChI=1S/C37H49N7O10S.C24H48N6O5.CO2/c1-5-52-16-17-53-14-7-11-38-32(45)8-6-15-54-27-18-24(2)34(25(3)19-27)55(50,51)43-30(36(48)49)22-41-35(47)29-23-44(4)31-20-26(9-10-28(31)33(29)46)21-42-37-39-12-13-40-37;1-5-21(24(34)25-9-8-18-35-7-3)26-22(31)19-29-15-14-28(6-2)12-10-27(4)11-13-30(17-16-29)20-23(32)33;2-1-3/h9-10,12-13,18-20,23,30,43H,5-8,11,14-17,21-22H2,1-4H3,(H,38,45)(H,41,47)(H,48,49)(H2,39,40,42);21H,5-20H2,1-4H3,(H,25,34)(H,26,31)(H,32,33);/t;21-;/m.1./s1. The minimum Gasteiger partial charge on any atom is -0.494 e. The van der Waals surface area contributed by atoms with E-state index in [0.29, 0.717) is 133 Å². The van der Waals surface area contributed by atoms with Crippen LogP contribution in [0.5, 0.6) is 5.75 Å². The van der Waals surface area contributed by atoms with E-state index in [4.69, 9.17) is 28.5 Å². The molecule has 518 valence electrons. The van der Waals surface area contributed by atoms with Gasteiger partial charge in [0.05, 0.1) is 43.3 Å². The molecule has 31 heteroatoms. The number of carbonyl (C=O) groups excluding carboxylic acids is 6. The zero-order valence-corrected chi connectivity index (χ0v) is 55.8. The Morgan fingerprint density at radius 3 is 1.95 bits per heavy atom. The molecule has 0 saturated carbocycles. The van der Waals surface area contributed by atoms with Crippen molar-refractivity contribution in [2.45, 2.75) is 97.2 Å². The third-order valence-corrected chi connectivity index (χ3v) is 16.4. The van der Waals surface area contributed by atoms with E-state index < -0.39 is 51.9 Å². The monoisotopic (exact) mass is 1330 g/mol. The van der Waals surface area contributed by atoms with Crippen molar-refractivity contribution in [3.8, 4) is 5.75 Å². The number of pyridine rings is 1. The molecule has 30 nitrogen and oxygen atoms in total. The Labute approximate surface area is 544 Å². The third kappa shape index (κ3) is 30.3. The largest absolute Gasteiger partial charge is 0.494 e. The molecule has 93 heavy (non-hydrogen) atoms. The molecule has 4 aromatic rings. The normalized spacial score (nSPS) is 14.3. The van der Waals surface area contributed by atoms with Gasteiger partial charge in [0.2, 0.25) is 33.2 Å². The molecule has 1 saturated heterocycles. The van der Waals surface area contributed by atoms with Crippen molar-refractivity contribution >= 4 is 68.6 Å². The number of hydrogen-bond donors (Lipinski definition) is 9. The van der Waals surface area contributed by atoms with Gasteiger partial charge in [-0.25, -0.2) is 13.4 Å². The Balaban J connectivity index is 0.000000511. The predicted molar refractivity (Wildman–Crippen MR) is 346 cm³/mol. The maximum atomic E-state index is 13.5. The molecule has 0 spiro atoms. The quantitative estimate of drug-likeness (QED) is 0.0289. The first-order valence-electron chi connectivity index (χ1n) is 31.3. The van der Waals surface area contributed by atoms with Gasteiger partial charge in [-0.05, 0) is 108 Å². The molecule has 0 bridgehead atoms. The van der Waals surface area contributed by atoms with Crippen LogP contribution < -0.4 is 41.5 Å². The van der Waals surface area contributed by atoms with Crippen LogP contribution in [-0.2, 0) is 71.4 Å². The summed E-state index contributed by atoms with van der Waals surface area (Å²) in [4.78, 5) is 119. The van der Waals surface area contributed by atoms with Gasteiger partial charge in [0.15, 0.2) is 5.95 Å². The van der Waals surface area contributed by atoms with Crippen molar-refractivity contribution < 1.29 is 75.9 Å². The van der Waals surface area contributed by atoms with Gasteiger partial charge in [0, 0.05) is 142 Å². The average Bonchev–Trinajstić information content (AvgIpc) is 1.67. The van der Waals surface area contributed by atoms with Gasteiger partial charge in [-0.3, -0.25) is 43.4 Å². The molecule has 9 N–H and O–H groups in total. The van der Waals surface area contributed by atoms with Crippen LogP contribution in [0.1, 0.15) is 86.8 Å². The number of aromatic amines is 1. The number of carboxylic acid groups (broad SMARTS) is 2. The van der Waals surface area contributed by atoms with E-state index >= 15 is 0 Å². The van der Waals surface area contributed by atoms with Gasteiger partial charge in [-0.15, -0.1) is 0 Å². The minimum atomic E-state index is -4.40. The number of carboxylic acids is 2. The molecule has 1 unspecified atom stereocenters. The van der Waals surface area contributed by atoms with Crippen LogP contribution in [0.3, 0.4) is 0 Å². The van der Waals surface area contributed by atoms with Crippen molar-refractivity contribution in [2.75, 3.05) is 150 Å². The lowest BCUT2D eigenvalue weighted by Crippen LogP contribution is -2.51. The van der Waals surface area contributed by atoms with Gasteiger partial charge in [-0.1, -0.05) is 19.9 Å². The number of aromatic nitrogens is 3. The number of aryl methyl sites for hydroxylation is 3. The number of fused-ring (bicyclic) bond motifs is 1. The van der Waals surface area contributed by atoms with Crippen molar-refractivity contribution in [1.29, 1.82) is 0 Å². The molecular formula is C62H97N13O17S. The lowest BCUT2D eigenvalue weighted by molar-refractivity contribution is -0.191. The minimum absolute atomic E-state index is 0.0175. The zero-order chi connectivity index (χ0) is 68.7. The number of likely N-dealkylation sites (N-methyl/N-ethyl adjacent to an activating group) is 2. The molecule has 0 radical (unpaired) electrons. The van der Waals surface area contributed by atoms with Crippen molar-refractivity contribution in [3.05, 3.63) is 81.4 Å². The van der Waals surface area contributed by atoms with Crippen molar-refractivity contribution in [1.82, 2.24) is 60.1 Å². The molecule has 0 aliphatic carbocycles. The van der Waals surface area contributed by atoms with Gasteiger partial charge < -0.3 is 75.1 Å². The summed E-state index contributed by atoms with van der Waals surface area (Å²) in [6.45, 7) is 22.5. The lowest BCUT2D eigenvalue weighted by atomic mass is 10.1. The lowest BCUT2D eigenvalue weighted by Gasteiger charge is -2.32. The van der Waals surface area contributed by atoms with Gasteiger partial charge in [-0.2, -0.15) is 14.3 Å². The highest BCUT2D eigenvalue weighted by molar-refractivity contribution is 7.89. The molecule has 2 aromatic carbocycles. The number of amides is 4. The summed E-state index contributed by atoms with van der Waals surface area (Å²) >= 11 is 0. The van der Waals surface area contributed by atoms with E-state index in [1.54, 1.807) is 56.1 Å². The number of nitrogens with one attached hydrogen (secondary N) is 7. The van der Waals surface area contributed by atoms with E-state index in [-0.39, 0.29) is 65.8 Å². The number of rotatable bonds is 36. The Bertz CT molecular complexity index is 3140. The summed E-state index contributed by atoms with van der Waals surface area (Å²) in [6.07, 6.45) is 7.49. The first-order chi connectivity index (χ1) is 44.5. The number of sulfonamides is 1. The highest BCUT2D eigenvalue weighted by atomic mass is 32.2. The van der Waals surface area contributed by atoms with Gasteiger partial charge in [0.1, 0.15) is 23.4 Å². The second kappa shape index (κ2) is 44.0. The second-order valence-electron chi connectivity index (χ2n) is 21.8. The first kappa shape index (κ1) is 79.5.